The normalized spacial score (nSPS) is 20.6. The summed E-state index contributed by atoms with van der Waals surface area (Å²) < 4.78 is 19.5. The van der Waals surface area contributed by atoms with Gasteiger partial charge in [-0.25, -0.2) is 19.2 Å². The van der Waals surface area contributed by atoms with Gasteiger partial charge in [0.05, 0.1) is 17.1 Å². The molecule has 5 rings (SSSR count). The number of phenols is 1. The van der Waals surface area contributed by atoms with Gasteiger partial charge in [-0.1, -0.05) is 12.1 Å². The van der Waals surface area contributed by atoms with E-state index in [1.54, 1.807) is 30.3 Å². The number of rotatable bonds is 4. The third-order valence-electron chi connectivity index (χ3n) is 5.88. The van der Waals surface area contributed by atoms with E-state index in [4.69, 9.17) is 4.74 Å². The van der Waals surface area contributed by atoms with E-state index in [0.717, 1.165) is 13.0 Å². The van der Waals surface area contributed by atoms with E-state index in [2.05, 4.69) is 20.6 Å². The summed E-state index contributed by atoms with van der Waals surface area (Å²) in [5.74, 6) is 0.637. The lowest BCUT2D eigenvalue weighted by Gasteiger charge is -2.21. The van der Waals surface area contributed by atoms with Crippen LogP contribution >= 0.6 is 0 Å². The molecule has 3 heterocycles. The van der Waals surface area contributed by atoms with E-state index in [0.29, 0.717) is 54.2 Å². The molecule has 2 aliphatic rings. The second kappa shape index (κ2) is 8.58. The van der Waals surface area contributed by atoms with Gasteiger partial charge < -0.3 is 25.4 Å². The van der Waals surface area contributed by atoms with E-state index >= 15 is 0 Å². The van der Waals surface area contributed by atoms with Crippen LogP contribution in [0.2, 0.25) is 0 Å². The quantitative estimate of drug-likeness (QED) is 0.577. The van der Waals surface area contributed by atoms with Crippen LogP contribution in [0.3, 0.4) is 0 Å². The lowest BCUT2D eigenvalue weighted by Crippen LogP contribution is -2.39. The van der Waals surface area contributed by atoms with Crippen LogP contribution < -0.4 is 15.5 Å². The Morgan fingerprint density at radius 1 is 1.22 bits per heavy atom. The molecule has 2 fully saturated rings. The van der Waals surface area contributed by atoms with Crippen molar-refractivity contribution in [3.63, 3.8) is 0 Å². The van der Waals surface area contributed by atoms with Gasteiger partial charge in [-0.15, -0.1) is 0 Å². The van der Waals surface area contributed by atoms with Crippen molar-refractivity contribution in [1.29, 1.82) is 0 Å². The maximum atomic E-state index is 14.0. The monoisotopic (exact) mass is 437 g/mol. The number of carbonyl (C=O) groups excluding carboxylic acids is 1. The summed E-state index contributed by atoms with van der Waals surface area (Å²) >= 11 is 0. The number of aromatic nitrogens is 2. The molecule has 2 atom stereocenters. The van der Waals surface area contributed by atoms with Crippen LogP contribution in [-0.4, -0.2) is 59.5 Å². The van der Waals surface area contributed by atoms with Crippen molar-refractivity contribution in [2.24, 2.45) is 0 Å². The van der Waals surface area contributed by atoms with E-state index in [-0.39, 0.29) is 23.7 Å². The minimum atomic E-state index is -0.418. The molecule has 0 unspecified atom stereocenters. The molecule has 2 aliphatic heterocycles. The van der Waals surface area contributed by atoms with Gasteiger partial charge in [0, 0.05) is 25.0 Å². The summed E-state index contributed by atoms with van der Waals surface area (Å²) in [5.41, 5.74) is 1.09. The standard InChI is InChI=1S/C23H24FN5O3/c24-14-5-6-19-18(11-14)22(28-21(27-19)17-3-1-2-4-20(17)30)29-10-8-15(13-29)26-23(31)32-16-7-9-25-12-16/h1-6,11,15-16,25,30H,7-10,12-13H2,(H,26,31)/t15-,16+/m0/s1. The number of nitrogens with one attached hydrogen (secondary N) is 2. The van der Waals surface area contributed by atoms with Gasteiger partial charge in [-0.2, -0.15) is 0 Å². The van der Waals surface area contributed by atoms with Crippen LogP contribution in [0.15, 0.2) is 42.5 Å². The molecule has 32 heavy (non-hydrogen) atoms. The van der Waals surface area contributed by atoms with Crippen molar-refractivity contribution in [3.05, 3.63) is 48.3 Å². The third-order valence-corrected chi connectivity index (χ3v) is 5.88. The van der Waals surface area contributed by atoms with Crippen LogP contribution in [0.25, 0.3) is 22.3 Å². The zero-order valence-corrected chi connectivity index (χ0v) is 17.4. The predicted molar refractivity (Wildman–Crippen MR) is 118 cm³/mol. The zero-order valence-electron chi connectivity index (χ0n) is 17.4. The maximum Gasteiger partial charge on any atom is 0.407 e. The number of nitrogens with zero attached hydrogens (tertiary/aromatic N) is 3. The SMILES string of the molecule is O=C(N[C@H]1CCN(c2nc(-c3ccccc3O)nc3ccc(F)cc23)C1)O[C@@H]1CCNC1. The Morgan fingerprint density at radius 3 is 2.91 bits per heavy atom. The Kier molecular flexibility index (Phi) is 5.48. The van der Waals surface area contributed by atoms with Crippen molar-refractivity contribution < 1.29 is 19.0 Å². The maximum absolute atomic E-state index is 14.0. The molecule has 0 saturated carbocycles. The highest BCUT2D eigenvalue weighted by Gasteiger charge is 2.28. The zero-order chi connectivity index (χ0) is 22.1. The molecule has 8 nitrogen and oxygen atoms in total. The van der Waals surface area contributed by atoms with E-state index < -0.39 is 6.09 Å². The van der Waals surface area contributed by atoms with Crippen LogP contribution in [-0.2, 0) is 4.74 Å². The average Bonchev–Trinajstić information content (AvgIpc) is 3.45. The number of benzene rings is 2. The van der Waals surface area contributed by atoms with Crippen molar-refractivity contribution in [2.45, 2.75) is 25.0 Å². The number of carbonyl (C=O) groups is 1. The lowest BCUT2D eigenvalue weighted by molar-refractivity contribution is 0.105. The Bertz CT molecular complexity index is 1150. The summed E-state index contributed by atoms with van der Waals surface area (Å²) in [6, 6.07) is 11.1. The number of hydrogen-bond acceptors (Lipinski definition) is 7. The van der Waals surface area contributed by atoms with Crippen molar-refractivity contribution in [2.75, 3.05) is 31.1 Å². The molecule has 1 aromatic heterocycles. The van der Waals surface area contributed by atoms with Gasteiger partial charge in [-0.05, 0) is 49.7 Å². The topological polar surface area (TPSA) is 99.6 Å². The first-order valence-electron chi connectivity index (χ1n) is 10.8. The Labute approximate surface area is 184 Å². The summed E-state index contributed by atoms with van der Waals surface area (Å²) in [6.07, 6.45) is 1.02. The van der Waals surface area contributed by atoms with E-state index in [9.17, 15) is 14.3 Å². The molecule has 2 saturated heterocycles. The number of halogens is 1. The number of hydrogen-bond donors (Lipinski definition) is 3. The number of phenolic OH excluding ortho intramolecular Hbond substituents is 1. The minimum absolute atomic E-state index is 0.0741. The number of alkyl carbamates (subject to hydrolysis) is 1. The summed E-state index contributed by atoms with van der Waals surface area (Å²) in [4.78, 5) is 23.5. The minimum Gasteiger partial charge on any atom is -0.507 e. The molecular weight excluding hydrogens is 413 g/mol. The van der Waals surface area contributed by atoms with Gasteiger partial charge in [0.1, 0.15) is 23.5 Å². The van der Waals surface area contributed by atoms with Crippen LogP contribution in [0.5, 0.6) is 5.75 Å². The Balaban J connectivity index is 1.41. The number of para-hydroxylation sites is 1. The molecule has 0 spiro atoms. The second-order valence-corrected chi connectivity index (χ2v) is 8.15. The Morgan fingerprint density at radius 2 is 2.09 bits per heavy atom. The van der Waals surface area contributed by atoms with Gasteiger partial charge >= 0.3 is 6.09 Å². The van der Waals surface area contributed by atoms with Crippen LogP contribution in [0.4, 0.5) is 15.0 Å². The van der Waals surface area contributed by atoms with Crippen LogP contribution in [0.1, 0.15) is 12.8 Å². The molecule has 2 aromatic carbocycles. The molecule has 0 bridgehead atoms. The van der Waals surface area contributed by atoms with Crippen molar-refractivity contribution in [3.8, 4) is 17.1 Å². The number of aromatic hydroxyl groups is 1. The fourth-order valence-electron chi connectivity index (χ4n) is 4.26. The molecule has 166 valence electrons. The molecule has 1 amide bonds. The fraction of sp³-hybridized carbons (Fsp3) is 0.348. The first-order valence-corrected chi connectivity index (χ1v) is 10.8. The molecule has 0 radical (unpaired) electrons. The molecule has 9 heteroatoms. The van der Waals surface area contributed by atoms with Gasteiger partial charge in [-0.3, -0.25) is 0 Å². The van der Waals surface area contributed by atoms with Gasteiger partial charge in [0.2, 0.25) is 0 Å². The number of amides is 1. The van der Waals surface area contributed by atoms with Crippen molar-refractivity contribution >= 4 is 22.8 Å². The van der Waals surface area contributed by atoms with E-state index in [1.165, 1.54) is 12.1 Å². The number of ether oxygens (including phenoxy) is 1. The third kappa shape index (κ3) is 4.16. The lowest BCUT2D eigenvalue weighted by atomic mass is 10.1. The summed E-state index contributed by atoms with van der Waals surface area (Å²) in [7, 11) is 0. The highest BCUT2D eigenvalue weighted by atomic mass is 19.1. The second-order valence-electron chi connectivity index (χ2n) is 8.15. The fourth-order valence-corrected chi connectivity index (χ4v) is 4.26. The molecular formula is C23H24FN5O3. The number of anilines is 1. The highest BCUT2D eigenvalue weighted by molar-refractivity contribution is 5.91. The van der Waals surface area contributed by atoms with Gasteiger partial charge in [0.15, 0.2) is 5.82 Å². The summed E-state index contributed by atoms with van der Waals surface area (Å²) in [6.45, 7) is 2.68. The van der Waals surface area contributed by atoms with Crippen LogP contribution in [0, 0.1) is 5.82 Å². The largest absolute Gasteiger partial charge is 0.507 e. The first-order chi connectivity index (χ1) is 15.6. The summed E-state index contributed by atoms with van der Waals surface area (Å²) in [5, 5.41) is 17.0. The molecule has 3 aromatic rings. The highest BCUT2D eigenvalue weighted by Crippen LogP contribution is 2.33. The molecule has 3 N–H and O–H groups in total. The Hall–Kier alpha value is -3.46. The smallest absolute Gasteiger partial charge is 0.407 e. The van der Waals surface area contributed by atoms with Crippen molar-refractivity contribution in [1.82, 2.24) is 20.6 Å². The first kappa shape index (κ1) is 20.4. The van der Waals surface area contributed by atoms with E-state index in [1.807, 2.05) is 4.90 Å². The van der Waals surface area contributed by atoms with Gasteiger partial charge in [0.25, 0.3) is 0 Å². The average molecular weight is 437 g/mol. The predicted octanol–water partition coefficient (Wildman–Crippen LogP) is 2.81. The number of fused-ring (bicyclic) bond motifs is 1. The molecule has 0 aliphatic carbocycles.